The Balaban J connectivity index is 2.32. The predicted molar refractivity (Wildman–Crippen MR) is 77.0 cm³/mol. The van der Waals surface area contributed by atoms with E-state index >= 15 is 0 Å². The third-order valence-electron chi connectivity index (χ3n) is 2.32. The van der Waals surface area contributed by atoms with Gasteiger partial charge in [-0.05, 0) is 25.1 Å². The largest absolute Gasteiger partial charge is 0.302 e. The fraction of sp³-hybridized carbons (Fsp3) is 0.273. The summed E-state index contributed by atoms with van der Waals surface area (Å²) in [6.07, 6.45) is 0. The summed E-state index contributed by atoms with van der Waals surface area (Å²) < 4.78 is 26.3. The average Bonchev–Trinajstić information content (AvgIpc) is 2.69. The number of amides is 1. The molecule has 1 amide bonds. The van der Waals surface area contributed by atoms with Crippen molar-refractivity contribution in [2.24, 2.45) is 0 Å². The number of carbonyl (C=O) groups is 1. The van der Waals surface area contributed by atoms with Gasteiger partial charge in [-0.2, -0.15) is 0 Å². The van der Waals surface area contributed by atoms with Gasteiger partial charge in [-0.25, -0.2) is 13.4 Å². The van der Waals surface area contributed by atoms with Crippen LogP contribution in [0.3, 0.4) is 0 Å². The van der Waals surface area contributed by atoms with Crippen molar-refractivity contribution in [1.82, 2.24) is 4.98 Å². The Morgan fingerprint density at radius 1 is 1.42 bits per heavy atom. The molecule has 0 fully saturated rings. The van der Waals surface area contributed by atoms with Gasteiger partial charge in [0.15, 0.2) is 5.13 Å². The first-order chi connectivity index (χ1) is 8.89. The van der Waals surface area contributed by atoms with Crippen molar-refractivity contribution < 1.29 is 13.2 Å². The number of benzene rings is 1. The van der Waals surface area contributed by atoms with Gasteiger partial charge in [-0.15, -0.1) is 0 Å². The summed E-state index contributed by atoms with van der Waals surface area (Å²) in [5, 5.41) is 3.10. The lowest BCUT2D eigenvalue weighted by Gasteiger charge is -2.04. The van der Waals surface area contributed by atoms with Crippen molar-refractivity contribution in [3.63, 3.8) is 0 Å². The van der Waals surface area contributed by atoms with Gasteiger partial charge < -0.3 is 5.32 Å². The lowest BCUT2D eigenvalue weighted by molar-refractivity contribution is -0.114. The molecule has 1 heterocycles. The smallest absolute Gasteiger partial charge is 0.232 e. The van der Waals surface area contributed by atoms with E-state index in [1.807, 2.05) is 0 Å². The van der Waals surface area contributed by atoms with Crippen LogP contribution in [0, 0.1) is 0 Å². The Morgan fingerprint density at radius 2 is 2.16 bits per heavy atom. The molecule has 0 unspecified atom stereocenters. The van der Waals surface area contributed by atoms with Crippen molar-refractivity contribution in [2.75, 3.05) is 15.8 Å². The average molecular weight is 299 g/mol. The second-order valence-electron chi connectivity index (χ2n) is 3.89. The van der Waals surface area contributed by atoms with Gasteiger partial charge in [0, 0.05) is 6.92 Å². The zero-order valence-corrected chi connectivity index (χ0v) is 12.1. The number of nitrogens with one attached hydrogen (secondary N) is 2. The molecule has 0 aliphatic heterocycles. The molecule has 0 saturated heterocycles. The third kappa shape index (κ3) is 3.42. The first-order valence-corrected chi connectivity index (χ1v) is 8.05. The molecule has 6 nitrogen and oxygen atoms in total. The minimum atomic E-state index is -3.30. The summed E-state index contributed by atoms with van der Waals surface area (Å²) in [5.41, 5.74) is 1.11. The number of carbonyl (C=O) groups excluding carboxylic acids is 1. The lowest BCUT2D eigenvalue weighted by atomic mass is 10.3. The number of aromatic nitrogens is 1. The number of hydrogen-bond acceptors (Lipinski definition) is 5. The number of sulfonamides is 1. The van der Waals surface area contributed by atoms with Crippen LogP contribution in [0.2, 0.25) is 0 Å². The second-order valence-corrected chi connectivity index (χ2v) is 6.93. The van der Waals surface area contributed by atoms with E-state index in [0.29, 0.717) is 16.3 Å². The Hall–Kier alpha value is -1.67. The topological polar surface area (TPSA) is 88.2 Å². The van der Waals surface area contributed by atoms with Gasteiger partial charge in [-0.1, -0.05) is 11.3 Å². The zero-order valence-electron chi connectivity index (χ0n) is 10.4. The summed E-state index contributed by atoms with van der Waals surface area (Å²) in [4.78, 5) is 15.2. The molecule has 1 aromatic carbocycles. The summed E-state index contributed by atoms with van der Waals surface area (Å²) in [5.74, 6) is -0.176. The lowest BCUT2D eigenvalue weighted by Crippen LogP contribution is -2.14. The molecule has 2 rings (SSSR count). The number of fused-ring (bicyclic) bond motifs is 1. The fourth-order valence-corrected chi connectivity index (χ4v) is 2.97. The van der Waals surface area contributed by atoms with Crippen LogP contribution in [0.1, 0.15) is 13.8 Å². The van der Waals surface area contributed by atoms with Crippen molar-refractivity contribution in [2.45, 2.75) is 13.8 Å². The highest BCUT2D eigenvalue weighted by Crippen LogP contribution is 2.28. The third-order valence-corrected chi connectivity index (χ3v) is 4.58. The highest BCUT2D eigenvalue weighted by Gasteiger charge is 2.09. The van der Waals surface area contributed by atoms with Gasteiger partial charge in [0.1, 0.15) is 0 Å². The van der Waals surface area contributed by atoms with Crippen LogP contribution in [0.5, 0.6) is 0 Å². The van der Waals surface area contributed by atoms with Gasteiger partial charge in [0.05, 0.1) is 21.7 Å². The first-order valence-electron chi connectivity index (χ1n) is 5.58. The Morgan fingerprint density at radius 3 is 2.79 bits per heavy atom. The van der Waals surface area contributed by atoms with E-state index in [9.17, 15) is 13.2 Å². The normalized spacial score (nSPS) is 11.5. The van der Waals surface area contributed by atoms with Crippen molar-refractivity contribution >= 4 is 48.3 Å². The standard InChI is InChI=1S/C11H13N3O3S2/c1-3-19(16,17)14-8-4-5-10-9(6-8)13-11(18-10)12-7(2)15/h4-6,14H,3H2,1-2H3,(H,12,13,15). The fourth-order valence-electron chi connectivity index (χ4n) is 1.45. The van der Waals surface area contributed by atoms with Crippen molar-refractivity contribution in [3.8, 4) is 0 Å². The monoisotopic (exact) mass is 299 g/mol. The van der Waals surface area contributed by atoms with E-state index in [-0.39, 0.29) is 11.7 Å². The maximum atomic E-state index is 11.5. The van der Waals surface area contributed by atoms with Crippen LogP contribution >= 0.6 is 11.3 Å². The summed E-state index contributed by atoms with van der Waals surface area (Å²) in [7, 11) is -3.30. The molecule has 2 N–H and O–H groups in total. The van der Waals surface area contributed by atoms with Gasteiger partial charge in [0.2, 0.25) is 15.9 Å². The molecule has 0 saturated carbocycles. The van der Waals surface area contributed by atoms with Crippen LogP contribution in [0.25, 0.3) is 10.2 Å². The van der Waals surface area contributed by atoms with Gasteiger partial charge in [0.25, 0.3) is 0 Å². The number of rotatable bonds is 4. The molecule has 0 bridgehead atoms. The van der Waals surface area contributed by atoms with Crippen molar-refractivity contribution in [1.29, 1.82) is 0 Å². The molecular weight excluding hydrogens is 286 g/mol. The summed E-state index contributed by atoms with van der Waals surface area (Å²) in [6, 6.07) is 5.08. The summed E-state index contributed by atoms with van der Waals surface area (Å²) in [6.45, 7) is 2.98. The minimum Gasteiger partial charge on any atom is -0.302 e. The van der Waals surface area contributed by atoms with Gasteiger partial charge in [-0.3, -0.25) is 9.52 Å². The van der Waals surface area contributed by atoms with Crippen molar-refractivity contribution in [3.05, 3.63) is 18.2 Å². The Kier molecular flexibility index (Phi) is 3.72. The molecule has 2 aromatic rings. The SMILES string of the molecule is CCS(=O)(=O)Nc1ccc2sc(NC(C)=O)nc2c1. The maximum Gasteiger partial charge on any atom is 0.232 e. The Labute approximate surface area is 114 Å². The molecule has 0 aliphatic carbocycles. The zero-order chi connectivity index (χ0) is 14.0. The highest BCUT2D eigenvalue weighted by atomic mass is 32.2. The quantitative estimate of drug-likeness (QED) is 0.904. The number of anilines is 2. The molecule has 8 heteroatoms. The summed E-state index contributed by atoms with van der Waals surface area (Å²) >= 11 is 1.34. The van der Waals surface area contributed by atoms with Crippen LogP contribution < -0.4 is 10.0 Å². The molecule has 102 valence electrons. The van der Waals surface area contributed by atoms with E-state index in [2.05, 4.69) is 15.0 Å². The first kappa shape index (κ1) is 13.8. The number of nitrogens with zero attached hydrogens (tertiary/aromatic N) is 1. The number of hydrogen-bond donors (Lipinski definition) is 2. The van der Waals surface area contributed by atoms with E-state index < -0.39 is 10.0 Å². The van der Waals surface area contributed by atoms with Gasteiger partial charge >= 0.3 is 0 Å². The Bertz CT molecular complexity index is 722. The predicted octanol–water partition coefficient (Wildman–Crippen LogP) is 2.02. The molecule has 0 spiro atoms. The van der Waals surface area contributed by atoms with E-state index in [0.717, 1.165) is 4.70 Å². The number of thiazole rings is 1. The highest BCUT2D eigenvalue weighted by molar-refractivity contribution is 7.92. The van der Waals surface area contributed by atoms with Crippen LogP contribution in [0.15, 0.2) is 18.2 Å². The maximum absolute atomic E-state index is 11.5. The molecule has 19 heavy (non-hydrogen) atoms. The minimum absolute atomic E-state index is 0.0131. The molecule has 0 radical (unpaired) electrons. The molecule has 0 atom stereocenters. The molecular formula is C11H13N3O3S2. The van der Waals surface area contributed by atoms with E-state index in [1.165, 1.54) is 18.3 Å². The molecule has 1 aromatic heterocycles. The van der Waals surface area contributed by atoms with Crippen LogP contribution in [0.4, 0.5) is 10.8 Å². The van der Waals surface area contributed by atoms with Crippen LogP contribution in [-0.2, 0) is 14.8 Å². The van der Waals surface area contributed by atoms with E-state index in [4.69, 9.17) is 0 Å². The van der Waals surface area contributed by atoms with E-state index in [1.54, 1.807) is 25.1 Å². The second kappa shape index (κ2) is 5.14. The molecule has 0 aliphatic rings. The van der Waals surface area contributed by atoms with Crippen LogP contribution in [-0.4, -0.2) is 25.1 Å².